The van der Waals surface area contributed by atoms with Gasteiger partial charge in [0.1, 0.15) is 6.61 Å². The maximum atomic E-state index is 12.2. The van der Waals surface area contributed by atoms with Gasteiger partial charge in [0.25, 0.3) is 0 Å². The van der Waals surface area contributed by atoms with Gasteiger partial charge in [0.2, 0.25) is 0 Å². The van der Waals surface area contributed by atoms with Gasteiger partial charge in [0, 0.05) is 30.5 Å². The lowest BCUT2D eigenvalue weighted by Crippen LogP contribution is -2.26. The first-order chi connectivity index (χ1) is 16.1. The van der Waals surface area contributed by atoms with E-state index in [2.05, 4.69) is 41.4 Å². The Balaban J connectivity index is 1.29. The van der Waals surface area contributed by atoms with Crippen molar-refractivity contribution < 1.29 is 19.2 Å². The van der Waals surface area contributed by atoms with Gasteiger partial charge >= 0.3 is 11.8 Å². The molecule has 0 aliphatic heterocycles. The maximum Gasteiger partial charge on any atom is 0.407 e. The number of carbonyl (C=O) groups excluding carboxylic acids is 1. The number of nitro benzene ring substituents is 1. The topological polar surface area (TPSA) is 90.7 Å². The number of amides is 1. The highest BCUT2D eigenvalue weighted by atomic mass is 16.6. The van der Waals surface area contributed by atoms with Crippen LogP contribution in [-0.2, 0) is 4.74 Å². The Hall–Kier alpha value is -4.31. The summed E-state index contributed by atoms with van der Waals surface area (Å²) in [6, 6.07) is 20.9. The number of hydrogen-bond donors (Lipinski definition) is 1. The van der Waals surface area contributed by atoms with E-state index in [4.69, 9.17) is 9.47 Å². The summed E-state index contributed by atoms with van der Waals surface area (Å²) in [6.45, 7) is 0.559. The number of carbonyl (C=O) groups is 1. The van der Waals surface area contributed by atoms with E-state index in [1.807, 2.05) is 24.3 Å². The highest BCUT2D eigenvalue weighted by Gasteiger charge is 2.28. The van der Waals surface area contributed by atoms with E-state index in [0.717, 1.165) is 11.1 Å². The molecule has 3 aromatic rings. The fourth-order valence-electron chi connectivity index (χ4n) is 3.95. The summed E-state index contributed by atoms with van der Waals surface area (Å²) < 4.78 is 10.5. The maximum absolute atomic E-state index is 12.2. The summed E-state index contributed by atoms with van der Waals surface area (Å²) in [5.41, 5.74) is 5.04. The molecule has 0 saturated heterocycles. The van der Waals surface area contributed by atoms with Crippen molar-refractivity contribution in [1.29, 1.82) is 0 Å². The molecule has 33 heavy (non-hydrogen) atoms. The van der Waals surface area contributed by atoms with E-state index in [1.54, 1.807) is 6.07 Å². The van der Waals surface area contributed by atoms with Crippen molar-refractivity contribution in [1.82, 2.24) is 5.32 Å². The molecule has 1 aliphatic rings. The number of methoxy groups -OCH3 is 1. The number of ether oxygens (including phenoxy) is 2. The first-order valence-corrected chi connectivity index (χ1v) is 10.5. The van der Waals surface area contributed by atoms with Crippen LogP contribution in [0.2, 0.25) is 0 Å². The minimum atomic E-state index is -0.511. The summed E-state index contributed by atoms with van der Waals surface area (Å²) >= 11 is 0. The second kappa shape index (κ2) is 9.88. The zero-order chi connectivity index (χ0) is 23.2. The summed E-state index contributed by atoms with van der Waals surface area (Å²) in [4.78, 5) is 22.8. The second-order valence-electron chi connectivity index (χ2n) is 7.45. The van der Waals surface area contributed by atoms with E-state index in [1.165, 1.54) is 30.4 Å². The largest absolute Gasteiger partial charge is 0.490 e. The molecular weight excluding hydrogens is 420 g/mol. The van der Waals surface area contributed by atoms with Gasteiger partial charge in [-0.1, -0.05) is 60.4 Å². The van der Waals surface area contributed by atoms with Gasteiger partial charge in [0.05, 0.1) is 12.0 Å². The number of nitrogens with one attached hydrogen (secondary N) is 1. The average molecular weight is 442 g/mol. The predicted octanol–water partition coefficient (Wildman–Crippen LogP) is 4.88. The van der Waals surface area contributed by atoms with Crippen LogP contribution >= 0.6 is 0 Å². The molecule has 1 aliphatic carbocycles. The third-order valence-electron chi connectivity index (χ3n) is 5.47. The van der Waals surface area contributed by atoms with Crippen LogP contribution in [0, 0.1) is 22.0 Å². The normalized spacial score (nSPS) is 11.5. The van der Waals surface area contributed by atoms with Crippen LogP contribution in [0.5, 0.6) is 5.75 Å². The Morgan fingerprint density at radius 3 is 2.36 bits per heavy atom. The van der Waals surface area contributed by atoms with Gasteiger partial charge in [-0.2, -0.15) is 0 Å². The summed E-state index contributed by atoms with van der Waals surface area (Å²) in [7, 11) is 1.38. The van der Waals surface area contributed by atoms with Crippen LogP contribution in [0.15, 0.2) is 66.7 Å². The van der Waals surface area contributed by atoms with Crippen molar-refractivity contribution in [3.05, 3.63) is 93.5 Å². The average Bonchev–Trinajstić information content (AvgIpc) is 3.16. The smallest absolute Gasteiger partial charge is 0.407 e. The third kappa shape index (κ3) is 4.80. The van der Waals surface area contributed by atoms with Crippen molar-refractivity contribution in [3.63, 3.8) is 0 Å². The molecule has 166 valence electrons. The molecule has 0 aromatic heterocycles. The van der Waals surface area contributed by atoms with Crippen molar-refractivity contribution in [3.8, 4) is 28.7 Å². The Labute approximate surface area is 191 Å². The minimum Gasteiger partial charge on any atom is -0.490 e. The van der Waals surface area contributed by atoms with Gasteiger partial charge in [-0.25, -0.2) is 4.79 Å². The summed E-state index contributed by atoms with van der Waals surface area (Å²) in [5, 5.41) is 13.8. The molecule has 0 heterocycles. The molecule has 7 heteroatoms. The fraction of sp³-hybridized carbons (Fsp3) is 0.192. The first kappa shape index (κ1) is 21.9. The molecule has 1 amide bonds. The number of hydrogen-bond acceptors (Lipinski definition) is 5. The van der Waals surface area contributed by atoms with E-state index in [9.17, 15) is 14.9 Å². The van der Waals surface area contributed by atoms with E-state index >= 15 is 0 Å². The van der Waals surface area contributed by atoms with Crippen LogP contribution in [0.25, 0.3) is 11.1 Å². The Morgan fingerprint density at radius 2 is 1.73 bits per heavy atom. The van der Waals surface area contributed by atoms with E-state index < -0.39 is 11.0 Å². The third-order valence-corrected chi connectivity index (χ3v) is 5.47. The molecule has 0 bridgehead atoms. The van der Waals surface area contributed by atoms with Crippen LogP contribution < -0.4 is 10.1 Å². The molecule has 3 aromatic carbocycles. The number of rotatable bonds is 6. The number of nitrogens with zero attached hydrogens (tertiary/aromatic N) is 1. The van der Waals surface area contributed by atoms with E-state index in [0.29, 0.717) is 18.5 Å². The number of nitro groups is 1. The Bertz CT molecular complexity index is 1210. The lowest BCUT2D eigenvalue weighted by atomic mass is 9.98. The lowest BCUT2D eigenvalue weighted by Gasteiger charge is -2.14. The minimum absolute atomic E-state index is 0.00815. The lowest BCUT2D eigenvalue weighted by molar-refractivity contribution is -0.385. The van der Waals surface area contributed by atoms with Gasteiger partial charge in [-0.15, -0.1) is 0 Å². The molecule has 0 radical (unpaired) electrons. The molecule has 1 N–H and O–H groups in total. The van der Waals surface area contributed by atoms with Crippen molar-refractivity contribution in [2.75, 3.05) is 20.3 Å². The molecular formula is C26H22N2O5. The Morgan fingerprint density at radius 1 is 1.06 bits per heavy atom. The number of fused-ring (bicyclic) bond motifs is 3. The molecule has 0 saturated carbocycles. The predicted molar refractivity (Wildman–Crippen MR) is 124 cm³/mol. The zero-order valence-corrected chi connectivity index (χ0v) is 18.0. The quantitative estimate of drug-likeness (QED) is 0.254. The van der Waals surface area contributed by atoms with Crippen molar-refractivity contribution in [2.45, 2.75) is 12.3 Å². The van der Waals surface area contributed by atoms with Crippen LogP contribution in [-0.4, -0.2) is 31.3 Å². The van der Waals surface area contributed by atoms with Gasteiger partial charge in [-0.3, -0.25) is 10.1 Å². The van der Waals surface area contributed by atoms with Crippen LogP contribution in [0.1, 0.15) is 29.0 Å². The molecule has 0 atom stereocenters. The monoisotopic (exact) mass is 442 g/mol. The highest BCUT2D eigenvalue weighted by Crippen LogP contribution is 2.44. The summed E-state index contributed by atoms with van der Waals surface area (Å²) in [5.74, 6) is 5.95. The van der Waals surface area contributed by atoms with E-state index in [-0.39, 0.29) is 24.0 Å². The van der Waals surface area contributed by atoms with Gasteiger partial charge in [0.15, 0.2) is 5.75 Å². The molecule has 0 unspecified atom stereocenters. The van der Waals surface area contributed by atoms with Crippen LogP contribution in [0.4, 0.5) is 10.5 Å². The molecule has 7 nitrogen and oxygen atoms in total. The summed E-state index contributed by atoms with van der Waals surface area (Å²) in [6.07, 6.45) is -0.122. The fourth-order valence-corrected chi connectivity index (χ4v) is 3.95. The second-order valence-corrected chi connectivity index (χ2v) is 7.45. The SMILES string of the molecule is COc1ccc(C#CCCNC(=O)OCC2c3ccccc3-c3ccccc32)cc1[N+](=O)[O-]. The molecule has 0 fully saturated rings. The van der Waals surface area contributed by atoms with Crippen LogP contribution in [0.3, 0.4) is 0 Å². The standard InChI is InChI=1S/C26H22N2O5/c1-32-25-14-13-18(16-24(25)28(30)31)8-6-7-15-27-26(29)33-17-23-21-11-4-2-9-19(21)20-10-3-5-12-22(20)23/h2-5,9-14,16,23H,7,15,17H2,1H3,(H,27,29). The molecule has 4 rings (SSSR count). The van der Waals surface area contributed by atoms with Gasteiger partial charge < -0.3 is 14.8 Å². The number of alkyl carbamates (subject to hydrolysis) is 1. The highest BCUT2D eigenvalue weighted by molar-refractivity contribution is 5.79. The number of benzene rings is 3. The molecule has 0 spiro atoms. The first-order valence-electron chi connectivity index (χ1n) is 10.5. The Kier molecular flexibility index (Phi) is 6.56. The van der Waals surface area contributed by atoms with Gasteiger partial charge in [-0.05, 0) is 34.4 Å². The van der Waals surface area contributed by atoms with Crippen molar-refractivity contribution >= 4 is 11.8 Å². The van der Waals surface area contributed by atoms with Crippen molar-refractivity contribution in [2.24, 2.45) is 0 Å². The zero-order valence-electron chi connectivity index (χ0n) is 18.0.